The minimum Gasteiger partial charge on any atom is -0.378 e. The van der Waals surface area contributed by atoms with Crippen molar-refractivity contribution in [2.75, 3.05) is 37.7 Å². The number of ether oxygens (including phenoxy) is 1. The molecule has 1 fully saturated rings. The number of carbonyl (C=O) groups excluding carboxylic acids is 1. The lowest BCUT2D eigenvalue weighted by Gasteiger charge is -2.27. The molecule has 1 aliphatic heterocycles. The number of fused-ring (bicyclic) bond motifs is 1. The van der Waals surface area contributed by atoms with Crippen molar-refractivity contribution in [3.63, 3.8) is 0 Å². The summed E-state index contributed by atoms with van der Waals surface area (Å²) < 4.78 is 7.22. The van der Waals surface area contributed by atoms with Crippen LogP contribution in [0.3, 0.4) is 0 Å². The van der Waals surface area contributed by atoms with Crippen LogP contribution < -0.4 is 10.2 Å². The van der Waals surface area contributed by atoms with Crippen LogP contribution in [0.4, 0.5) is 5.82 Å². The largest absolute Gasteiger partial charge is 0.378 e. The van der Waals surface area contributed by atoms with Crippen molar-refractivity contribution in [2.45, 2.75) is 13.5 Å². The second-order valence-electron chi connectivity index (χ2n) is 6.47. The number of rotatable bonds is 5. The van der Waals surface area contributed by atoms with Gasteiger partial charge < -0.3 is 15.0 Å². The number of nitrogens with one attached hydrogen (secondary N) is 1. The summed E-state index contributed by atoms with van der Waals surface area (Å²) in [6, 6.07) is 7.55. The Morgan fingerprint density at radius 3 is 2.85 bits per heavy atom. The molecule has 4 rings (SSSR count). The first-order valence-electron chi connectivity index (χ1n) is 9.07. The van der Waals surface area contributed by atoms with Crippen LogP contribution in [0.2, 0.25) is 0 Å². The van der Waals surface area contributed by atoms with Crippen molar-refractivity contribution >= 4 is 22.8 Å². The van der Waals surface area contributed by atoms with Crippen LogP contribution in [0, 0.1) is 6.92 Å². The number of hydrogen-bond acceptors (Lipinski definition) is 6. The summed E-state index contributed by atoms with van der Waals surface area (Å²) in [7, 11) is 0. The number of nitrogens with zero attached hydrogens (tertiary/aromatic N) is 5. The number of amides is 1. The number of aryl methyl sites for hydroxylation is 1. The van der Waals surface area contributed by atoms with Gasteiger partial charge in [-0.05, 0) is 18.6 Å². The number of morpholine rings is 1. The van der Waals surface area contributed by atoms with Crippen LogP contribution in [0.5, 0.6) is 0 Å². The Morgan fingerprint density at radius 1 is 1.22 bits per heavy atom. The summed E-state index contributed by atoms with van der Waals surface area (Å²) in [5.41, 5.74) is 2.43. The molecule has 3 heterocycles. The Morgan fingerprint density at radius 2 is 2.04 bits per heavy atom. The molecule has 1 N–H and O–H groups in total. The molecule has 1 aromatic carbocycles. The molecular formula is C19H22N6O2. The molecule has 0 spiro atoms. The average molecular weight is 366 g/mol. The fourth-order valence-electron chi connectivity index (χ4n) is 3.27. The number of aromatic nitrogens is 4. The Bertz CT molecular complexity index is 948. The number of carbonyl (C=O) groups is 1. The average Bonchev–Trinajstić information content (AvgIpc) is 3.12. The van der Waals surface area contributed by atoms with Crippen LogP contribution in [0.1, 0.15) is 15.9 Å². The van der Waals surface area contributed by atoms with E-state index in [0.29, 0.717) is 31.9 Å². The lowest BCUT2D eigenvalue weighted by Crippen LogP contribution is -2.36. The Balaban J connectivity index is 1.45. The molecule has 1 saturated heterocycles. The highest BCUT2D eigenvalue weighted by Gasteiger charge is 2.18. The maximum absolute atomic E-state index is 12.3. The topological polar surface area (TPSA) is 85.2 Å². The molecule has 1 aliphatic rings. The first-order valence-corrected chi connectivity index (χ1v) is 9.07. The standard InChI is InChI=1S/C19H22N6O2/c1-14-4-2-3-5-15(14)19(26)20-6-7-25-18-16(12-23-25)17(21-13-22-18)24-8-10-27-11-9-24/h2-5,12-13H,6-11H2,1H3,(H,20,26). The summed E-state index contributed by atoms with van der Waals surface area (Å²) >= 11 is 0. The van der Waals surface area contributed by atoms with Gasteiger partial charge in [0.25, 0.3) is 5.91 Å². The Hall–Kier alpha value is -3.00. The van der Waals surface area contributed by atoms with E-state index in [1.807, 2.05) is 31.2 Å². The van der Waals surface area contributed by atoms with Gasteiger partial charge in [0.05, 0.1) is 31.3 Å². The predicted molar refractivity (Wildman–Crippen MR) is 102 cm³/mol. The summed E-state index contributed by atoms with van der Waals surface area (Å²) in [6.45, 7) is 5.96. The van der Waals surface area contributed by atoms with Crippen LogP contribution in [0.25, 0.3) is 11.0 Å². The van der Waals surface area contributed by atoms with Gasteiger partial charge in [-0.15, -0.1) is 0 Å². The molecular weight excluding hydrogens is 344 g/mol. The van der Waals surface area contributed by atoms with Gasteiger partial charge in [-0.3, -0.25) is 4.79 Å². The Kier molecular flexibility index (Phi) is 4.97. The van der Waals surface area contributed by atoms with Gasteiger partial charge >= 0.3 is 0 Å². The lowest BCUT2D eigenvalue weighted by molar-refractivity contribution is 0.0951. The third-order valence-corrected chi connectivity index (χ3v) is 4.72. The SMILES string of the molecule is Cc1ccccc1C(=O)NCCn1ncc2c(N3CCOCC3)ncnc21. The zero-order valence-corrected chi connectivity index (χ0v) is 15.3. The number of anilines is 1. The molecule has 140 valence electrons. The lowest BCUT2D eigenvalue weighted by atomic mass is 10.1. The highest BCUT2D eigenvalue weighted by atomic mass is 16.5. The van der Waals surface area contributed by atoms with E-state index in [4.69, 9.17) is 4.74 Å². The molecule has 1 amide bonds. The monoisotopic (exact) mass is 366 g/mol. The molecule has 27 heavy (non-hydrogen) atoms. The van der Waals surface area contributed by atoms with Crippen LogP contribution in [-0.4, -0.2) is 58.5 Å². The summed E-state index contributed by atoms with van der Waals surface area (Å²) in [5, 5.41) is 8.31. The second-order valence-corrected chi connectivity index (χ2v) is 6.47. The molecule has 0 aliphatic carbocycles. The smallest absolute Gasteiger partial charge is 0.251 e. The van der Waals surface area contributed by atoms with Crippen molar-refractivity contribution in [1.29, 1.82) is 0 Å². The fraction of sp³-hybridized carbons (Fsp3) is 0.368. The number of hydrogen-bond donors (Lipinski definition) is 1. The quantitative estimate of drug-likeness (QED) is 0.735. The summed E-state index contributed by atoms with van der Waals surface area (Å²) in [4.78, 5) is 23.4. The first-order chi connectivity index (χ1) is 13.2. The summed E-state index contributed by atoms with van der Waals surface area (Å²) in [5.74, 6) is 0.812. The maximum Gasteiger partial charge on any atom is 0.251 e. The van der Waals surface area contributed by atoms with Gasteiger partial charge in [0, 0.05) is 25.2 Å². The zero-order chi connectivity index (χ0) is 18.6. The van der Waals surface area contributed by atoms with E-state index in [0.717, 1.165) is 35.5 Å². The van der Waals surface area contributed by atoms with Crippen molar-refractivity contribution in [1.82, 2.24) is 25.1 Å². The third-order valence-electron chi connectivity index (χ3n) is 4.72. The zero-order valence-electron chi connectivity index (χ0n) is 15.3. The van der Waals surface area contributed by atoms with Crippen LogP contribution in [-0.2, 0) is 11.3 Å². The van der Waals surface area contributed by atoms with E-state index in [1.54, 1.807) is 17.2 Å². The molecule has 8 heteroatoms. The van der Waals surface area contributed by atoms with Gasteiger partial charge in [-0.1, -0.05) is 18.2 Å². The normalized spacial score (nSPS) is 14.5. The van der Waals surface area contributed by atoms with Crippen molar-refractivity contribution in [2.24, 2.45) is 0 Å². The third kappa shape index (κ3) is 3.61. The predicted octanol–water partition coefficient (Wildman–Crippen LogP) is 1.40. The maximum atomic E-state index is 12.3. The van der Waals surface area contributed by atoms with Gasteiger partial charge in [0.15, 0.2) is 5.65 Å². The summed E-state index contributed by atoms with van der Waals surface area (Å²) in [6.07, 6.45) is 3.36. The molecule has 8 nitrogen and oxygen atoms in total. The molecule has 0 bridgehead atoms. The van der Waals surface area contributed by atoms with Crippen molar-refractivity contribution in [3.05, 3.63) is 47.9 Å². The van der Waals surface area contributed by atoms with Crippen molar-refractivity contribution in [3.8, 4) is 0 Å². The highest BCUT2D eigenvalue weighted by molar-refractivity contribution is 5.95. The second kappa shape index (κ2) is 7.71. The molecule has 0 atom stereocenters. The molecule has 3 aromatic rings. The fourth-order valence-corrected chi connectivity index (χ4v) is 3.27. The minimum atomic E-state index is -0.0757. The van der Waals surface area contributed by atoms with Crippen molar-refractivity contribution < 1.29 is 9.53 Å². The highest BCUT2D eigenvalue weighted by Crippen LogP contribution is 2.23. The van der Waals surface area contributed by atoms with Gasteiger partial charge in [0.2, 0.25) is 0 Å². The molecule has 0 saturated carbocycles. The van der Waals surface area contributed by atoms with E-state index in [1.165, 1.54) is 0 Å². The number of benzene rings is 1. The van der Waals surface area contributed by atoms with Gasteiger partial charge in [-0.2, -0.15) is 5.10 Å². The van der Waals surface area contributed by atoms with E-state index in [9.17, 15) is 4.79 Å². The van der Waals surface area contributed by atoms with E-state index >= 15 is 0 Å². The van der Waals surface area contributed by atoms with Gasteiger partial charge in [0.1, 0.15) is 12.1 Å². The van der Waals surface area contributed by atoms with Crippen LogP contribution in [0.15, 0.2) is 36.8 Å². The van der Waals surface area contributed by atoms with Gasteiger partial charge in [-0.25, -0.2) is 14.6 Å². The first kappa shape index (κ1) is 17.4. The van der Waals surface area contributed by atoms with E-state index < -0.39 is 0 Å². The van der Waals surface area contributed by atoms with Crippen LogP contribution >= 0.6 is 0 Å². The van der Waals surface area contributed by atoms with E-state index in [-0.39, 0.29) is 5.91 Å². The minimum absolute atomic E-state index is 0.0757. The Labute approximate surface area is 157 Å². The molecule has 0 radical (unpaired) electrons. The molecule has 0 unspecified atom stereocenters. The molecule has 2 aromatic heterocycles. The van der Waals surface area contributed by atoms with E-state index in [2.05, 4.69) is 25.3 Å².